The smallest absolute Gasteiger partial charge is 0.311 e. The lowest BCUT2D eigenvalue weighted by molar-refractivity contribution is -0.420. The Morgan fingerprint density at radius 3 is 2.69 bits per heavy atom. The third-order valence-corrected chi connectivity index (χ3v) is 2.65. The number of aromatic nitrogens is 1. The summed E-state index contributed by atoms with van der Waals surface area (Å²) in [5.41, 5.74) is 0.700. The lowest BCUT2D eigenvalue weighted by Gasteiger charge is -2.21. The van der Waals surface area contributed by atoms with Crippen LogP contribution in [0.15, 0.2) is 12.1 Å². The van der Waals surface area contributed by atoms with Crippen LogP contribution in [0.25, 0.3) is 0 Å². The average Bonchev–Trinajstić information content (AvgIpc) is 2.29. The maximum atomic E-state index is 10.7. The van der Waals surface area contributed by atoms with Gasteiger partial charge in [-0.2, -0.15) is 0 Å². The maximum absolute atomic E-state index is 10.7. The molecule has 0 radical (unpaired) electrons. The molecule has 0 atom stereocenters. The molecule has 1 aliphatic rings. The highest BCUT2D eigenvalue weighted by atomic mass is 16.6. The fourth-order valence-electron chi connectivity index (χ4n) is 1.77. The summed E-state index contributed by atoms with van der Waals surface area (Å²) < 4.78 is 5.25. The van der Waals surface area contributed by atoms with Gasteiger partial charge in [-0.1, -0.05) is 0 Å². The van der Waals surface area contributed by atoms with Gasteiger partial charge in [-0.25, -0.2) is 4.98 Å². The van der Waals surface area contributed by atoms with Crippen LogP contribution in [0.1, 0.15) is 5.69 Å². The second kappa shape index (κ2) is 4.44. The van der Waals surface area contributed by atoms with Gasteiger partial charge in [-0.05, 0) is 0 Å². The molecule has 1 saturated heterocycles. The van der Waals surface area contributed by atoms with Crippen molar-refractivity contribution in [1.29, 1.82) is 0 Å². The molecule has 1 N–H and O–H groups in total. The average molecular weight is 224 g/mol. The summed E-state index contributed by atoms with van der Waals surface area (Å²) in [6, 6.07) is 3.28. The molecule has 0 aromatic carbocycles. The topological polar surface area (TPSA) is 69.8 Å². The van der Waals surface area contributed by atoms with E-state index in [1.54, 1.807) is 13.0 Å². The molecule has 6 nitrogen and oxygen atoms in total. The van der Waals surface area contributed by atoms with Gasteiger partial charge in [0, 0.05) is 19.1 Å². The summed E-state index contributed by atoms with van der Waals surface area (Å²) in [6.07, 6.45) is 0. The summed E-state index contributed by atoms with van der Waals surface area (Å²) in [5.74, 6) is 0.909. The van der Waals surface area contributed by atoms with Crippen molar-refractivity contribution in [3.63, 3.8) is 0 Å². The molecule has 6 heteroatoms. The zero-order valence-corrected chi connectivity index (χ0v) is 9.10. The number of pyridine rings is 1. The van der Waals surface area contributed by atoms with Gasteiger partial charge in [0.2, 0.25) is 0 Å². The molecule has 86 valence electrons. The number of hydrogen-bond donors (Lipinski definition) is 0. The van der Waals surface area contributed by atoms with E-state index >= 15 is 0 Å². The van der Waals surface area contributed by atoms with Crippen molar-refractivity contribution in [3.05, 3.63) is 27.9 Å². The van der Waals surface area contributed by atoms with E-state index in [9.17, 15) is 10.1 Å². The van der Waals surface area contributed by atoms with Gasteiger partial charge in [0.25, 0.3) is 5.82 Å². The van der Waals surface area contributed by atoms with Crippen molar-refractivity contribution in [1.82, 2.24) is 0 Å². The monoisotopic (exact) mass is 224 g/mol. The number of aromatic amines is 1. The lowest BCUT2D eigenvalue weighted by Crippen LogP contribution is -2.39. The van der Waals surface area contributed by atoms with Crippen molar-refractivity contribution in [2.24, 2.45) is 0 Å². The lowest BCUT2D eigenvalue weighted by atomic mass is 10.3. The SMILES string of the molecule is Cc1[nH+]c(N2CCOCC2)ccc1[N+](=O)[O-]. The van der Waals surface area contributed by atoms with Gasteiger partial charge in [0.1, 0.15) is 13.1 Å². The van der Waals surface area contributed by atoms with Crippen molar-refractivity contribution >= 4 is 11.5 Å². The van der Waals surface area contributed by atoms with E-state index in [1.807, 2.05) is 0 Å². The molecule has 0 spiro atoms. The molecule has 0 saturated carbocycles. The number of rotatable bonds is 2. The summed E-state index contributed by atoms with van der Waals surface area (Å²) in [4.78, 5) is 15.5. The number of anilines is 1. The predicted octanol–water partition coefficient (Wildman–Crippen LogP) is 0.554. The number of H-pyrrole nitrogens is 1. The number of ether oxygens (including phenoxy) is 1. The summed E-state index contributed by atoms with van der Waals surface area (Å²) >= 11 is 0. The van der Waals surface area contributed by atoms with Gasteiger partial charge in [0.15, 0.2) is 5.69 Å². The molecule has 1 aromatic rings. The third-order valence-electron chi connectivity index (χ3n) is 2.65. The van der Waals surface area contributed by atoms with Crippen LogP contribution >= 0.6 is 0 Å². The van der Waals surface area contributed by atoms with E-state index in [-0.39, 0.29) is 10.6 Å². The molecule has 0 amide bonds. The van der Waals surface area contributed by atoms with E-state index < -0.39 is 0 Å². The first-order valence-electron chi connectivity index (χ1n) is 5.18. The Labute approximate surface area is 93.0 Å². The van der Waals surface area contributed by atoms with Crippen molar-refractivity contribution in [2.45, 2.75) is 6.92 Å². The molecule has 1 aliphatic heterocycles. The highest BCUT2D eigenvalue weighted by molar-refractivity contribution is 5.40. The largest absolute Gasteiger partial charge is 0.373 e. The van der Waals surface area contributed by atoms with Gasteiger partial charge in [-0.15, -0.1) is 0 Å². The van der Waals surface area contributed by atoms with Gasteiger partial charge in [-0.3, -0.25) is 15.0 Å². The number of nitro groups is 1. The summed E-state index contributed by atoms with van der Waals surface area (Å²) in [6.45, 7) is 4.73. The van der Waals surface area contributed by atoms with E-state index in [0.29, 0.717) is 18.9 Å². The highest BCUT2D eigenvalue weighted by Gasteiger charge is 2.22. The molecule has 0 aliphatic carbocycles. The fraction of sp³-hybridized carbons (Fsp3) is 0.500. The second-order valence-electron chi connectivity index (χ2n) is 3.71. The van der Waals surface area contributed by atoms with Gasteiger partial charge in [0.05, 0.1) is 18.1 Å². The van der Waals surface area contributed by atoms with E-state index in [2.05, 4.69) is 9.88 Å². The molecule has 0 unspecified atom stereocenters. The van der Waals surface area contributed by atoms with Gasteiger partial charge >= 0.3 is 5.69 Å². The first-order chi connectivity index (χ1) is 7.68. The normalized spacial score (nSPS) is 16.2. The minimum atomic E-state index is -0.380. The van der Waals surface area contributed by atoms with Crippen LogP contribution in [-0.2, 0) is 4.74 Å². The first kappa shape index (κ1) is 10.8. The van der Waals surface area contributed by atoms with Crippen LogP contribution in [0.4, 0.5) is 11.5 Å². The molecule has 1 aromatic heterocycles. The fourth-order valence-corrected chi connectivity index (χ4v) is 1.77. The zero-order chi connectivity index (χ0) is 11.5. The van der Waals surface area contributed by atoms with Crippen LogP contribution in [0.5, 0.6) is 0 Å². The molecule has 2 rings (SSSR count). The Morgan fingerprint density at radius 1 is 1.44 bits per heavy atom. The Hall–Kier alpha value is -1.69. The van der Waals surface area contributed by atoms with E-state index in [0.717, 1.165) is 18.9 Å². The number of aryl methyl sites for hydroxylation is 1. The van der Waals surface area contributed by atoms with Crippen LogP contribution in [-0.4, -0.2) is 31.2 Å². The maximum Gasteiger partial charge on any atom is 0.311 e. The molecule has 0 bridgehead atoms. The van der Waals surface area contributed by atoms with Crippen LogP contribution in [0, 0.1) is 17.0 Å². The molecule has 2 heterocycles. The predicted molar refractivity (Wildman–Crippen MR) is 57.4 cm³/mol. The quantitative estimate of drug-likeness (QED) is 0.543. The third kappa shape index (κ3) is 2.11. The Balaban J connectivity index is 2.23. The van der Waals surface area contributed by atoms with Gasteiger partial charge < -0.3 is 4.74 Å². The number of hydrogen-bond acceptors (Lipinski definition) is 4. The van der Waals surface area contributed by atoms with Crippen molar-refractivity contribution < 1.29 is 14.6 Å². The molecular weight excluding hydrogens is 210 g/mol. The molecule has 1 fully saturated rings. The highest BCUT2D eigenvalue weighted by Crippen LogP contribution is 2.17. The number of nitrogens with zero attached hydrogens (tertiary/aromatic N) is 2. The number of nitrogens with one attached hydrogen (secondary N) is 1. The zero-order valence-electron chi connectivity index (χ0n) is 9.10. The van der Waals surface area contributed by atoms with E-state index in [1.165, 1.54) is 6.07 Å². The standard InChI is InChI=1S/C10H13N3O3/c1-8-9(13(14)15)2-3-10(11-8)12-4-6-16-7-5-12/h2-3H,4-7H2,1H3/p+1. The Kier molecular flexibility index (Phi) is 3.00. The number of morpholine rings is 1. The summed E-state index contributed by atoms with van der Waals surface area (Å²) in [7, 11) is 0. The van der Waals surface area contributed by atoms with Crippen LogP contribution in [0.3, 0.4) is 0 Å². The minimum absolute atomic E-state index is 0.122. The summed E-state index contributed by atoms with van der Waals surface area (Å²) in [5, 5.41) is 10.7. The molecular formula is C10H14N3O3+. The van der Waals surface area contributed by atoms with Crippen LogP contribution in [0.2, 0.25) is 0 Å². The Bertz CT molecular complexity index is 402. The van der Waals surface area contributed by atoms with Crippen molar-refractivity contribution in [2.75, 3.05) is 31.2 Å². The first-order valence-corrected chi connectivity index (χ1v) is 5.18. The van der Waals surface area contributed by atoms with E-state index in [4.69, 9.17) is 4.74 Å². The van der Waals surface area contributed by atoms with Crippen LogP contribution < -0.4 is 9.88 Å². The minimum Gasteiger partial charge on any atom is -0.373 e. The Morgan fingerprint density at radius 2 is 2.12 bits per heavy atom. The van der Waals surface area contributed by atoms with Crippen molar-refractivity contribution in [3.8, 4) is 0 Å². The molecule has 16 heavy (non-hydrogen) atoms. The second-order valence-corrected chi connectivity index (χ2v) is 3.71.